The zero-order chi connectivity index (χ0) is 13.8. The molecular formula is C16H25FN2. The summed E-state index contributed by atoms with van der Waals surface area (Å²) in [5.41, 5.74) is 7.27. The van der Waals surface area contributed by atoms with Crippen LogP contribution in [0.25, 0.3) is 0 Å². The highest BCUT2D eigenvalue weighted by Crippen LogP contribution is 2.31. The molecule has 0 spiro atoms. The van der Waals surface area contributed by atoms with Crippen molar-refractivity contribution in [3.63, 3.8) is 0 Å². The van der Waals surface area contributed by atoms with Gasteiger partial charge in [-0.1, -0.05) is 25.5 Å². The molecule has 1 fully saturated rings. The van der Waals surface area contributed by atoms with Gasteiger partial charge in [-0.25, -0.2) is 4.39 Å². The van der Waals surface area contributed by atoms with Gasteiger partial charge in [-0.3, -0.25) is 4.90 Å². The fourth-order valence-corrected chi connectivity index (χ4v) is 2.94. The van der Waals surface area contributed by atoms with Crippen LogP contribution in [0.5, 0.6) is 0 Å². The van der Waals surface area contributed by atoms with Gasteiger partial charge in [0, 0.05) is 18.6 Å². The number of hydrogen-bond acceptors (Lipinski definition) is 2. The Morgan fingerprint density at radius 2 is 2.16 bits per heavy atom. The van der Waals surface area contributed by atoms with E-state index in [1.54, 1.807) is 12.1 Å². The quantitative estimate of drug-likeness (QED) is 0.854. The Morgan fingerprint density at radius 3 is 2.68 bits per heavy atom. The van der Waals surface area contributed by atoms with Gasteiger partial charge < -0.3 is 5.73 Å². The molecule has 1 aromatic carbocycles. The Kier molecular flexibility index (Phi) is 4.94. The molecule has 0 bridgehead atoms. The maximum Gasteiger partial charge on any atom is 0.123 e. The molecule has 106 valence electrons. The van der Waals surface area contributed by atoms with Crippen LogP contribution in [0.1, 0.15) is 44.2 Å². The molecular weight excluding hydrogens is 239 g/mol. The van der Waals surface area contributed by atoms with Crippen molar-refractivity contribution in [2.75, 3.05) is 13.6 Å². The summed E-state index contributed by atoms with van der Waals surface area (Å²) in [6.45, 7) is 3.16. The topological polar surface area (TPSA) is 29.3 Å². The molecule has 0 radical (unpaired) electrons. The maximum atomic E-state index is 13.4. The van der Waals surface area contributed by atoms with Gasteiger partial charge >= 0.3 is 0 Å². The molecule has 2 rings (SSSR count). The van der Waals surface area contributed by atoms with E-state index in [0.717, 1.165) is 24.4 Å². The zero-order valence-electron chi connectivity index (χ0n) is 12.0. The Morgan fingerprint density at radius 1 is 1.42 bits per heavy atom. The van der Waals surface area contributed by atoms with Crippen LogP contribution < -0.4 is 5.73 Å². The summed E-state index contributed by atoms with van der Waals surface area (Å²) >= 11 is 0. The lowest BCUT2D eigenvalue weighted by atomic mass is 9.84. The minimum absolute atomic E-state index is 0.0480. The van der Waals surface area contributed by atoms with Crippen molar-refractivity contribution >= 4 is 0 Å². The summed E-state index contributed by atoms with van der Waals surface area (Å²) in [6.07, 6.45) is 4.89. The molecule has 0 aliphatic heterocycles. The lowest BCUT2D eigenvalue weighted by Crippen LogP contribution is -2.41. The Labute approximate surface area is 115 Å². The van der Waals surface area contributed by atoms with E-state index in [9.17, 15) is 4.39 Å². The smallest absolute Gasteiger partial charge is 0.123 e. The largest absolute Gasteiger partial charge is 0.326 e. The molecule has 1 aromatic rings. The second-order valence-electron chi connectivity index (χ2n) is 5.81. The number of rotatable bonds is 6. The molecule has 1 aliphatic carbocycles. The minimum Gasteiger partial charge on any atom is -0.326 e. The summed E-state index contributed by atoms with van der Waals surface area (Å²) < 4.78 is 13.4. The number of halogens is 1. The highest BCUT2D eigenvalue weighted by atomic mass is 19.1. The molecule has 0 amide bonds. The molecule has 1 aliphatic rings. The first-order valence-corrected chi connectivity index (χ1v) is 7.33. The fraction of sp³-hybridized carbons (Fsp3) is 0.625. The molecule has 0 aromatic heterocycles. The number of likely N-dealkylation sites (N-methyl/N-ethyl adjacent to an activating group) is 1. The zero-order valence-corrected chi connectivity index (χ0v) is 12.0. The normalized spacial score (nSPS) is 19.2. The van der Waals surface area contributed by atoms with Gasteiger partial charge in [0.25, 0.3) is 0 Å². The van der Waals surface area contributed by atoms with Crippen molar-refractivity contribution in [3.8, 4) is 0 Å². The van der Waals surface area contributed by atoms with Crippen LogP contribution in [0, 0.1) is 11.7 Å². The van der Waals surface area contributed by atoms with Crippen molar-refractivity contribution < 1.29 is 4.39 Å². The van der Waals surface area contributed by atoms with Gasteiger partial charge in [0.15, 0.2) is 0 Å². The van der Waals surface area contributed by atoms with Crippen LogP contribution in [0.15, 0.2) is 24.3 Å². The predicted molar refractivity (Wildman–Crippen MR) is 77.4 cm³/mol. The lowest BCUT2D eigenvalue weighted by molar-refractivity contribution is 0.144. The molecule has 2 atom stereocenters. The van der Waals surface area contributed by atoms with Crippen LogP contribution in [0.4, 0.5) is 4.39 Å². The van der Waals surface area contributed by atoms with Crippen molar-refractivity contribution in [3.05, 3.63) is 35.6 Å². The van der Waals surface area contributed by atoms with Gasteiger partial charge in [0.05, 0.1) is 0 Å². The van der Waals surface area contributed by atoms with E-state index >= 15 is 0 Å². The lowest BCUT2D eigenvalue weighted by Gasteiger charge is -2.37. The van der Waals surface area contributed by atoms with Crippen LogP contribution in [0.2, 0.25) is 0 Å². The third-order valence-corrected chi connectivity index (χ3v) is 4.31. The summed E-state index contributed by atoms with van der Waals surface area (Å²) in [6, 6.07) is 7.03. The minimum atomic E-state index is -0.178. The summed E-state index contributed by atoms with van der Waals surface area (Å²) in [7, 11) is 2.11. The molecule has 0 heterocycles. The second-order valence-corrected chi connectivity index (χ2v) is 5.81. The molecule has 1 saturated carbocycles. The monoisotopic (exact) mass is 264 g/mol. The summed E-state index contributed by atoms with van der Waals surface area (Å²) in [4.78, 5) is 2.31. The van der Waals surface area contributed by atoms with E-state index in [4.69, 9.17) is 5.73 Å². The molecule has 2 N–H and O–H groups in total. The van der Waals surface area contributed by atoms with Crippen LogP contribution >= 0.6 is 0 Å². The first kappa shape index (κ1) is 14.5. The van der Waals surface area contributed by atoms with Crippen molar-refractivity contribution in [1.82, 2.24) is 4.90 Å². The number of hydrogen-bond donors (Lipinski definition) is 1. The summed E-state index contributed by atoms with van der Waals surface area (Å²) in [5.74, 6) is 0.618. The van der Waals surface area contributed by atoms with E-state index in [2.05, 4.69) is 18.9 Å². The van der Waals surface area contributed by atoms with Gasteiger partial charge in [-0.05, 0) is 49.9 Å². The molecule has 2 unspecified atom stereocenters. The van der Waals surface area contributed by atoms with E-state index in [0.29, 0.717) is 0 Å². The average Bonchev–Trinajstić information content (AvgIpc) is 2.34. The van der Waals surface area contributed by atoms with Gasteiger partial charge in [0.1, 0.15) is 5.82 Å². The van der Waals surface area contributed by atoms with Gasteiger partial charge in [-0.2, -0.15) is 0 Å². The molecule has 2 nitrogen and oxygen atoms in total. The van der Waals surface area contributed by atoms with Crippen LogP contribution in [-0.4, -0.2) is 24.5 Å². The highest BCUT2D eigenvalue weighted by Gasteiger charge is 2.27. The highest BCUT2D eigenvalue weighted by molar-refractivity contribution is 5.22. The van der Waals surface area contributed by atoms with Crippen molar-refractivity contribution in [1.29, 1.82) is 0 Å². The molecule has 19 heavy (non-hydrogen) atoms. The molecule has 0 saturated heterocycles. The van der Waals surface area contributed by atoms with E-state index in [1.807, 2.05) is 6.07 Å². The molecule has 3 heteroatoms. The van der Waals surface area contributed by atoms with Crippen LogP contribution in [-0.2, 0) is 0 Å². The number of nitrogens with zero attached hydrogens (tertiary/aromatic N) is 1. The van der Waals surface area contributed by atoms with E-state index in [1.165, 1.54) is 25.3 Å². The van der Waals surface area contributed by atoms with Crippen LogP contribution in [0.3, 0.4) is 0 Å². The SMILES string of the molecule is CCC(N)C(c1cccc(F)c1)N(C)CC1CCC1. The summed E-state index contributed by atoms with van der Waals surface area (Å²) in [5, 5.41) is 0. The number of nitrogens with two attached hydrogens (primary N) is 1. The van der Waals surface area contributed by atoms with E-state index in [-0.39, 0.29) is 17.9 Å². The third-order valence-electron chi connectivity index (χ3n) is 4.31. The third kappa shape index (κ3) is 3.54. The van der Waals surface area contributed by atoms with Crippen molar-refractivity contribution in [2.24, 2.45) is 11.7 Å². The van der Waals surface area contributed by atoms with E-state index < -0.39 is 0 Å². The Balaban J connectivity index is 2.14. The Hall–Kier alpha value is -0.930. The first-order valence-electron chi connectivity index (χ1n) is 7.33. The Bertz CT molecular complexity index is 403. The van der Waals surface area contributed by atoms with Gasteiger partial charge in [0.2, 0.25) is 0 Å². The first-order chi connectivity index (χ1) is 9.11. The standard InChI is InChI=1S/C16H25FN2/c1-3-15(18)16(13-8-5-9-14(17)10-13)19(2)11-12-6-4-7-12/h5,8-10,12,15-16H,3-4,6-7,11,18H2,1-2H3. The predicted octanol–water partition coefficient (Wildman–Crippen LogP) is 3.34. The second kappa shape index (κ2) is 6.49. The maximum absolute atomic E-state index is 13.4. The number of benzene rings is 1. The fourth-order valence-electron chi connectivity index (χ4n) is 2.94. The van der Waals surface area contributed by atoms with Gasteiger partial charge in [-0.15, -0.1) is 0 Å². The average molecular weight is 264 g/mol. The van der Waals surface area contributed by atoms with Crippen molar-refractivity contribution in [2.45, 2.75) is 44.7 Å².